The van der Waals surface area contributed by atoms with Crippen LogP contribution in [0.25, 0.3) is 0 Å². The Labute approximate surface area is 163 Å². The van der Waals surface area contributed by atoms with Gasteiger partial charge < -0.3 is 0 Å². The van der Waals surface area contributed by atoms with E-state index in [0.29, 0.717) is 30.7 Å². The summed E-state index contributed by atoms with van der Waals surface area (Å²) >= 11 is 0. The molecule has 2 rings (SSSR count). The summed E-state index contributed by atoms with van der Waals surface area (Å²) in [5.74, 6) is 0.162. The van der Waals surface area contributed by atoms with E-state index >= 15 is 0 Å². The number of imide groups is 1. The van der Waals surface area contributed by atoms with E-state index in [-0.39, 0.29) is 17.6 Å². The summed E-state index contributed by atoms with van der Waals surface area (Å²) in [7, 11) is -3.16. The maximum atomic E-state index is 12.3. The molecule has 1 aromatic rings. The molecule has 0 aromatic heterocycles. The Morgan fingerprint density at radius 3 is 1.81 bits per heavy atom. The highest BCUT2D eigenvalue weighted by Gasteiger charge is 2.27. The Kier molecular flexibility index (Phi) is 8.48. The first kappa shape index (κ1) is 21.6. The van der Waals surface area contributed by atoms with Crippen molar-refractivity contribution in [1.82, 2.24) is 4.90 Å². The standard InChI is InChI=1S/C21H31NO4S/c1-18-10-12-19(13-11-18)27(25,26)17-9-7-5-3-2-4-6-8-16-22-20(23)14-15-21(22)24/h10-13H,2-9,14-17H2,1H3. The van der Waals surface area contributed by atoms with E-state index in [2.05, 4.69) is 0 Å². The largest absolute Gasteiger partial charge is 0.283 e. The van der Waals surface area contributed by atoms with Gasteiger partial charge in [-0.05, 0) is 31.9 Å². The van der Waals surface area contributed by atoms with Gasteiger partial charge in [0.1, 0.15) is 0 Å². The van der Waals surface area contributed by atoms with Crippen molar-refractivity contribution in [3.8, 4) is 0 Å². The van der Waals surface area contributed by atoms with Crippen molar-refractivity contribution in [3.05, 3.63) is 29.8 Å². The van der Waals surface area contributed by atoms with Gasteiger partial charge in [-0.3, -0.25) is 14.5 Å². The van der Waals surface area contributed by atoms with Gasteiger partial charge in [-0.15, -0.1) is 0 Å². The maximum Gasteiger partial charge on any atom is 0.229 e. The first-order chi connectivity index (χ1) is 12.9. The Morgan fingerprint density at radius 2 is 1.26 bits per heavy atom. The number of hydrogen-bond acceptors (Lipinski definition) is 4. The summed E-state index contributed by atoms with van der Waals surface area (Å²) in [5, 5.41) is 0. The van der Waals surface area contributed by atoms with Crippen LogP contribution in [0.3, 0.4) is 0 Å². The van der Waals surface area contributed by atoms with Crippen LogP contribution in [-0.4, -0.2) is 37.4 Å². The molecule has 1 saturated heterocycles. The zero-order valence-electron chi connectivity index (χ0n) is 16.3. The van der Waals surface area contributed by atoms with E-state index in [1.54, 1.807) is 12.1 Å². The van der Waals surface area contributed by atoms with Gasteiger partial charge in [0, 0.05) is 19.4 Å². The molecule has 0 aliphatic carbocycles. The number of sulfone groups is 1. The fourth-order valence-electron chi connectivity index (χ4n) is 3.36. The fourth-order valence-corrected chi connectivity index (χ4v) is 4.73. The van der Waals surface area contributed by atoms with Crippen molar-refractivity contribution < 1.29 is 18.0 Å². The highest BCUT2D eigenvalue weighted by atomic mass is 32.2. The summed E-state index contributed by atoms with van der Waals surface area (Å²) in [6, 6.07) is 7.05. The summed E-state index contributed by atoms with van der Waals surface area (Å²) in [6.07, 6.45) is 8.66. The zero-order chi connectivity index (χ0) is 19.7. The highest BCUT2D eigenvalue weighted by Crippen LogP contribution is 2.16. The molecule has 27 heavy (non-hydrogen) atoms. The molecule has 6 heteroatoms. The van der Waals surface area contributed by atoms with Crippen LogP contribution in [0.1, 0.15) is 69.8 Å². The lowest BCUT2D eigenvalue weighted by Gasteiger charge is -2.13. The van der Waals surface area contributed by atoms with E-state index in [0.717, 1.165) is 50.5 Å². The molecular formula is C21H31NO4S. The predicted octanol–water partition coefficient (Wildman–Crippen LogP) is 4.04. The summed E-state index contributed by atoms with van der Waals surface area (Å²) in [6.45, 7) is 2.51. The molecule has 0 spiro atoms. The molecule has 0 unspecified atom stereocenters. The lowest BCUT2D eigenvalue weighted by Crippen LogP contribution is -2.29. The number of hydrogen-bond donors (Lipinski definition) is 0. The number of carbonyl (C=O) groups is 2. The molecule has 0 N–H and O–H groups in total. The quantitative estimate of drug-likeness (QED) is 0.397. The number of carbonyl (C=O) groups excluding carboxylic acids is 2. The van der Waals surface area contributed by atoms with Crippen LogP contribution >= 0.6 is 0 Å². The smallest absolute Gasteiger partial charge is 0.229 e. The summed E-state index contributed by atoms with van der Waals surface area (Å²) in [5.41, 5.74) is 1.06. The van der Waals surface area contributed by atoms with Crippen LogP contribution in [0.4, 0.5) is 0 Å². The topological polar surface area (TPSA) is 71.5 Å². The summed E-state index contributed by atoms with van der Waals surface area (Å²) < 4.78 is 24.5. The van der Waals surface area contributed by atoms with Crippen molar-refractivity contribution in [2.75, 3.05) is 12.3 Å². The van der Waals surface area contributed by atoms with Crippen molar-refractivity contribution in [3.63, 3.8) is 0 Å². The average Bonchev–Trinajstić information content (AvgIpc) is 2.95. The average molecular weight is 394 g/mol. The number of unbranched alkanes of at least 4 members (excludes halogenated alkanes) is 7. The van der Waals surface area contributed by atoms with E-state index in [4.69, 9.17) is 0 Å². The Morgan fingerprint density at radius 1 is 0.778 bits per heavy atom. The highest BCUT2D eigenvalue weighted by molar-refractivity contribution is 7.91. The Bertz CT molecular complexity index is 709. The third-order valence-corrected chi connectivity index (χ3v) is 6.90. The number of aryl methyl sites for hydroxylation is 1. The molecule has 5 nitrogen and oxygen atoms in total. The molecule has 2 amide bonds. The van der Waals surface area contributed by atoms with Crippen LogP contribution < -0.4 is 0 Å². The molecule has 0 saturated carbocycles. The molecule has 1 heterocycles. The van der Waals surface area contributed by atoms with Crippen molar-refractivity contribution in [2.24, 2.45) is 0 Å². The van der Waals surface area contributed by atoms with Crippen LogP contribution in [-0.2, 0) is 19.4 Å². The van der Waals surface area contributed by atoms with Crippen LogP contribution in [0.5, 0.6) is 0 Å². The minimum atomic E-state index is -3.16. The number of amides is 2. The van der Waals surface area contributed by atoms with Crippen LogP contribution in [0.15, 0.2) is 29.2 Å². The molecule has 1 aromatic carbocycles. The van der Waals surface area contributed by atoms with Gasteiger partial charge in [0.15, 0.2) is 9.84 Å². The van der Waals surface area contributed by atoms with E-state index in [1.165, 1.54) is 4.90 Å². The molecule has 0 atom stereocenters. The van der Waals surface area contributed by atoms with Gasteiger partial charge in [-0.25, -0.2) is 8.42 Å². The van der Waals surface area contributed by atoms with Crippen molar-refractivity contribution in [1.29, 1.82) is 0 Å². The van der Waals surface area contributed by atoms with Crippen molar-refractivity contribution >= 4 is 21.7 Å². The molecule has 1 fully saturated rings. The van der Waals surface area contributed by atoms with E-state index in [9.17, 15) is 18.0 Å². The third-order valence-electron chi connectivity index (χ3n) is 5.08. The molecular weight excluding hydrogens is 362 g/mol. The molecule has 150 valence electrons. The van der Waals surface area contributed by atoms with Gasteiger partial charge in [0.2, 0.25) is 11.8 Å². The number of rotatable bonds is 12. The Hall–Kier alpha value is -1.69. The second-order valence-corrected chi connectivity index (χ2v) is 9.51. The Balaban J connectivity index is 1.48. The fraction of sp³-hybridized carbons (Fsp3) is 0.619. The van der Waals surface area contributed by atoms with Gasteiger partial charge >= 0.3 is 0 Å². The second kappa shape index (κ2) is 10.6. The molecule has 0 bridgehead atoms. The first-order valence-electron chi connectivity index (χ1n) is 10.0. The van der Waals surface area contributed by atoms with Crippen LogP contribution in [0, 0.1) is 6.92 Å². The number of benzene rings is 1. The van der Waals surface area contributed by atoms with Gasteiger partial charge in [-0.2, -0.15) is 0 Å². The monoisotopic (exact) mass is 393 g/mol. The van der Waals surface area contributed by atoms with Crippen LogP contribution in [0.2, 0.25) is 0 Å². The number of likely N-dealkylation sites (tertiary alicyclic amines) is 1. The third kappa shape index (κ3) is 7.09. The minimum Gasteiger partial charge on any atom is -0.283 e. The van der Waals surface area contributed by atoms with Gasteiger partial charge in [0.05, 0.1) is 10.6 Å². The van der Waals surface area contributed by atoms with E-state index in [1.807, 2.05) is 19.1 Å². The van der Waals surface area contributed by atoms with Crippen molar-refractivity contribution in [2.45, 2.75) is 76.0 Å². The minimum absolute atomic E-state index is 0.0272. The maximum absolute atomic E-state index is 12.3. The van der Waals surface area contributed by atoms with Gasteiger partial charge in [-0.1, -0.05) is 56.2 Å². The number of nitrogens with zero attached hydrogens (tertiary/aromatic N) is 1. The van der Waals surface area contributed by atoms with E-state index < -0.39 is 9.84 Å². The first-order valence-corrected chi connectivity index (χ1v) is 11.7. The molecule has 1 aliphatic rings. The van der Waals surface area contributed by atoms with Gasteiger partial charge in [0.25, 0.3) is 0 Å². The summed E-state index contributed by atoms with van der Waals surface area (Å²) in [4.78, 5) is 24.8. The normalized spacial score (nSPS) is 14.9. The second-order valence-electron chi connectivity index (χ2n) is 7.40. The molecule has 0 radical (unpaired) electrons. The molecule has 1 aliphatic heterocycles. The zero-order valence-corrected chi connectivity index (χ0v) is 17.1. The predicted molar refractivity (Wildman–Crippen MR) is 106 cm³/mol. The lowest BCUT2D eigenvalue weighted by atomic mass is 10.1. The SMILES string of the molecule is Cc1ccc(S(=O)(=O)CCCCCCCCCCN2C(=O)CCC2=O)cc1. The lowest BCUT2D eigenvalue weighted by molar-refractivity contribution is -0.138.